The van der Waals surface area contributed by atoms with Crippen LogP contribution in [0.4, 0.5) is 5.69 Å². The van der Waals surface area contributed by atoms with Crippen LogP contribution in [0, 0.1) is 0 Å². The van der Waals surface area contributed by atoms with Crippen LogP contribution in [0.25, 0.3) is 0 Å². The summed E-state index contributed by atoms with van der Waals surface area (Å²) in [4.78, 5) is 21.7. The van der Waals surface area contributed by atoms with Gasteiger partial charge in [0, 0.05) is 6.54 Å². The maximum absolute atomic E-state index is 11.3. The molecule has 1 unspecified atom stereocenters. The van der Waals surface area contributed by atoms with Gasteiger partial charge in [-0.05, 0) is 11.6 Å². The zero-order chi connectivity index (χ0) is 11.0. The van der Waals surface area contributed by atoms with E-state index < -0.39 is 11.7 Å². The first kappa shape index (κ1) is 10.5. The van der Waals surface area contributed by atoms with E-state index in [4.69, 9.17) is 23.2 Å². The van der Waals surface area contributed by atoms with Crippen LogP contribution in [0.5, 0.6) is 0 Å². The zero-order valence-electron chi connectivity index (χ0n) is 7.59. The van der Waals surface area contributed by atoms with E-state index in [1.54, 1.807) is 12.1 Å². The number of nitrogens with one attached hydrogen (secondary N) is 1. The smallest absolute Gasteiger partial charge is 0.204 e. The summed E-state index contributed by atoms with van der Waals surface area (Å²) in [7, 11) is 0. The fourth-order valence-corrected chi connectivity index (χ4v) is 2.08. The van der Waals surface area contributed by atoms with Crippen molar-refractivity contribution in [2.45, 2.75) is 5.92 Å². The Morgan fingerprint density at radius 2 is 2.20 bits per heavy atom. The molecule has 1 aromatic rings. The van der Waals surface area contributed by atoms with Gasteiger partial charge in [0.15, 0.2) is 6.29 Å². The summed E-state index contributed by atoms with van der Waals surface area (Å²) in [5.41, 5.74) is 1.39. The third-order valence-corrected chi connectivity index (χ3v) is 3.25. The third-order valence-electron chi connectivity index (χ3n) is 2.45. The Morgan fingerprint density at radius 1 is 1.47 bits per heavy atom. The van der Waals surface area contributed by atoms with Crippen molar-refractivity contribution in [1.29, 1.82) is 0 Å². The highest BCUT2D eigenvalue weighted by Crippen LogP contribution is 2.40. The van der Waals surface area contributed by atoms with Crippen molar-refractivity contribution in [3.8, 4) is 0 Å². The van der Waals surface area contributed by atoms with Crippen molar-refractivity contribution in [2.75, 3.05) is 11.9 Å². The minimum Gasteiger partial charge on any atom is -0.382 e. The molecule has 0 aliphatic carbocycles. The molecule has 1 atom stereocenters. The molecule has 5 heteroatoms. The summed E-state index contributed by atoms with van der Waals surface area (Å²) in [6, 6.07) is 3.34. The number of fused-ring (bicyclic) bond motifs is 1. The number of hydrogen-bond donors (Lipinski definition) is 1. The lowest BCUT2D eigenvalue weighted by Gasteiger charge is -2.05. The minimum atomic E-state index is -0.445. The largest absolute Gasteiger partial charge is 0.382 e. The highest BCUT2D eigenvalue weighted by Gasteiger charge is 2.30. The molecule has 15 heavy (non-hydrogen) atoms. The second-order valence-electron chi connectivity index (χ2n) is 3.28. The first-order valence-electron chi connectivity index (χ1n) is 4.36. The SMILES string of the molecule is O=CC(=O)C1CNc2c1ccc(Cl)c2Cl. The summed E-state index contributed by atoms with van der Waals surface area (Å²) >= 11 is 11.8. The molecule has 1 aromatic carbocycles. The monoisotopic (exact) mass is 243 g/mol. The van der Waals surface area contributed by atoms with Gasteiger partial charge in [0.05, 0.1) is 21.7 Å². The fourth-order valence-electron chi connectivity index (χ4n) is 1.69. The van der Waals surface area contributed by atoms with Gasteiger partial charge in [0.2, 0.25) is 5.78 Å². The number of aldehydes is 1. The molecule has 78 valence electrons. The summed E-state index contributed by atoms with van der Waals surface area (Å²) in [6.07, 6.45) is 0.337. The number of rotatable bonds is 2. The molecule has 0 amide bonds. The van der Waals surface area contributed by atoms with Gasteiger partial charge in [0.25, 0.3) is 0 Å². The number of ketones is 1. The van der Waals surface area contributed by atoms with Gasteiger partial charge < -0.3 is 5.32 Å². The molecule has 3 nitrogen and oxygen atoms in total. The van der Waals surface area contributed by atoms with Crippen LogP contribution in [0.15, 0.2) is 12.1 Å². The number of hydrogen-bond acceptors (Lipinski definition) is 3. The van der Waals surface area contributed by atoms with E-state index in [2.05, 4.69) is 5.32 Å². The number of anilines is 1. The average Bonchev–Trinajstić information content (AvgIpc) is 2.66. The Bertz CT molecular complexity index is 445. The molecule has 1 aliphatic heterocycles. The Balaban J connectivity index is 2.49. The Kier molecular flexibility index (Phi) is 2.67. The Hall–Kier alpha value is -1.06. The second-order valence-corrected chi connectivity index (χ2v) is 4.06. The predicted octanol–water partition coefficient (Wildman–Crippen LogP) is 2.27. The van der Waals surface area contributed by atoms with Crippen LogP contribution in [-0.2, 0) is 9.59 Å². The van der Waals surface area contributed by atoms with Crippen molar-refractivity contribution in [3.63, 3.8) is 0 Å². The Morgan fingerprint density at radius 3 is 2.87 bits per heavy atom. The lowest BCUT2D eigenvalue weighted by atomic mass is 9.98. The van der Waals surface area contributed by atoms with Crippen LogP contribution in [-0.4, -0.2) is 18.6 Å². The van der Waals surface area contributed by atoms with Crippen LogP contribution in [0.2, 0.25) is 10.0 Å². The standard InChI is InChI=1S/C10H7Cl2NO2/c11-7-2-1-5-6(8(15)4-14)3-13-10(5)9(7)12/h1-2,4,6,13H,3H2. The van der Waals surface area contributed by atoms with E-state index in [0.29, 0.717) is 28.6 Å². The summed E-state index contributed by atoms with van der Waals surface area (Å²) in [5, 5.41) is 3.81. The molecular weight excluding hydrogens is 237 g/mol. The number of carbonyl (C=O) groups is 2. The quantitative estimate of drug-likeness (QED) is 0.641. The first-order valence-corrected chi connectivity index (χ1v) is 5.11. The fraction of sp³-hybridized carbons (Fsp3) is 0.200. The summed E-state index contributed by atoms with van der Waals surface area (Å²) in [5.74, 6) is -0.882. The maximum Gasteiger partial charge on any atom is 0.204 e. The average molecular weight is 244 g/mol. The number of carbonyl (C=O) groups excluding carboxylic acids is 2. The highest BCUT2D eigenvalue weighted by molar-refractivity contribution is 6.44. The van der Waals surface area contributed by atoms with Crippen molar-refractivity contribution >= 4 is 41.0 Å². The van der Waals surface area contributed by atoms with Crippen LogP contribution in [0.1, 0.15) is 11.5 Å². The van der Waals surface area contributed by atoms with Gasteiger partial charge in [0.1, 0.15) is 0 Å². The first-order chi connectivity index (χ1) is 7.15. The minimum absolute atomic E-state index is 0.337. The molecule has 0 fully saturated rings. The van der Waals surface area contributed by atoms with E-state index in [1.165, 1.54) is 0 Å². The summed E-state index contributed by atoms with van der Waals surface area (Å²) < 4.78 is 0. The molecule has 0 aromatic heterocycles. The summed E-state index contributed by atoms with van der Waals surface area (Å²) in [6.45, 7) is 0.396. The molecule has 1 N–H and O–H groups in total. The molecule has 1 aliphatic rings. The molecule has 2 rings (SSSR count). The lowest BCUT2D eigenvalue weighted by molar-refractivity contribution is -0.130. The van der Waals surface area contributed by atoms with E-state index >= 15 is 0 Å². The van der Waals surface area contributed by atoms with E-state index in [1.807, 2.05) is 0 Å². The number of benzene rings is 1. The van der Waals surface area contributed by atoms with Crippen molar-refractivity contribution in [3.05, 3.63) is 27.7 Å². The Labute approximate surface area is 96.4 Å². The molecule has 1 heterocycles. The molecule has 0 spiro atoms. The second kappa shape index (κ2) is 3.83. The molecule has 0 saturated heterocycles. The van der Waals surface area contributed by atoms with Gasteiger partial charge >= 0.3 is 0 Å². The number of Topliss-reactive ketones (excluding diaryl/α,β-unsaturated/α-hetero) is 1. The highest BCUT2D eigenvalue weighted by atomic mass is 35.5. The molecule has 0 saturated carbocycles. The van der Waals surface area contributed by atoms with Crippen molar-refractivity contribution < 1.29 is 9.59 Å². The van der Waals surface area contributed by atoms with Crippen LogP contribution < -0.4 is 5.32 Å². The van der Waals surface area contributed by atoms with Crippen molar-refractivity contribution in [1.82, 2.24) is 0 Å². The lowest BCUT2D eigenvalue weighted by Crippen LogP contribution is -2.15. The van der Waals surface area contributed by atoms with E-state index in [0.717, 1.165) is 5.56 Å². The zero-order valence-corrected chi connectivity index (χ0v) is 9.10. The molecule has 0 radical (unpaired) electrons. The maximum atomic E-state index is 11.3. The van der Waals surface area contributed by atoms with E-state index in [-0.39, 0.29) is 0 Å². The molecule has 0 bridgehead atoms. The van der Waals surface area contributed by atoms with Gasteiger partial charge in [-0.2, -0.15) is 0 Å². The molecular formula is C10H7Cl2NO2. The van der Waals surface area contributed by atoms with Crippen LogP contribution in [0.3, 0.4) is 0 Å². The van der Waals surface area contributed by atoms with Gasteiger partial charge in [-0.15, -0.1) is 0 Å². The normalized spacial score (nSPS) is 18.1. The van der Waals surface area contributed by atoms with E-state index in [9.17, 15) is 9.59 Å². The number of halogens is 2. The topological polar surface area (TPSA) is 46.2 Å². The van der Waals surface area contributed by atoms with Crippen molar-refractivity contribution in [2.24, 2.45) is 0 Å². The third kappa shape index (κ3) is 1.62. The van der Waals surface area contributed by atoms with Gasteiger partial charge in [-0.1, -0.05) is 29.3 Å². The van der Waals surface area contributed by atoms with Crippen LogP contribution >= 0.6 is 23.2 Å². The predicted molar refractivity (Wildman–Crippen MR) is 58.8 cm³/mol. The van der Waals surface area contributed by atoms with Gasteiger partial charge in [-0.25, -0.2) is 0 Å². The van der Waals surface area contributed by atoms with Gasteiger partial charge in [-0.3, -0.25) is 9.59 Å².